The van der Waals surface area contributed by atoms with E-state index in [1.807, 2.05) is 31.2 Å². The number of non-ortho nitro benzene ring substituents is 1. The van der Waals surface area contributed by atoms with E-state index >= 15 is 0 Å². The highest BCUT2D eigenvalue weighted by molar-refractivity contribution is 5.52. The molecule has 0 heterocycles. The summed E-state index contributed by atoms with van der Waals surface area (Å²) in [6, 6.07) is 10.8. The van der Waals surface area contributed by atoms with Crippen molar-refractivity contribution in [3.63, 3.8) is 0 Å². The molecule has 0 fully saturated rings. The fourth-order valence-corrected chi connectivity index (χ4v) is 1.87. The summed E-state index contributed by atoms with van der Waals surface area (Å²) in [5, 5.41) is 13.6. The lowest BCUT2D eigenvalue weighted by atomic mass is 10.2. The van der Waals surface area contributed by atoms with Crippen molar-refractivity contribution < 1.29 is 14.1 Å². The fourth-order valence-electron chi connectivity index (χ4n) is 1.87. The molecule has 0 aliphatic heterocycles. The van der Waals surface area contributed by atoms with E-state index in [1.54, 1.807) is 0 Å². The summed E-state index contributed by atoms with van der Waals surface area (Å²) >= 11 is 0. The largest absolute Gasteiger partial charge is 0.494 e. The van der Waals surface area contributed by atoms with Crippen molar-refractivity contribution in [3.05, 3.63) is 64.0 Å². The van der Waals surface area contributed by atoms with E-state index in [9.17, 15) is 14.5 Å². The molecule has 0 unspecified atom stereocenters. The third-order valence-electron chi connectivity index (χ3n) is 2.85. The fraction of sp³-hybridized carbons (Fsp3) is 0.200. The molecule has 0 radical (unpaired) electrons. The minimum absolute atomic E-state index is 0.103. The Bertz CT molecular complexity index is 647. The van der Waals surface area contributed by atoms with Crippen LogP contribution in [0.25, 0.3) is 0 Å². The summed E-state index contributed by atoms with van der Waals surface area (Å²) in [6.45, 7) is 2.80. The number of anilines is 1. The van der Waals surface area contributed by atoms with Gasteiger partial charge in [0.2, 0.25) is 0 Å². The van der Waals surface area contributed by atoms with Gasteiger partial charge in [0.1, 0.15) is 11.6 Å². The first-order valence-electron chi connectivity index (χ1n) is 6.49. The number of halogens is 1. The number of nitrogens with one attached hydrogen (secondary N) is 1. The van der Waals surface area contributed by atoms with Gasteiger partial charge >= 0.3 is 0 Å². The average Bonchev–Trinajstić information content (AvgIpc) is 2.47. The first-order valence-corrected chi connectivity index (χ1v) is 6.49. The minimum Gasteiger partial charge on any atom is -0.494 e. The Morgan fingerprint density at radius 3 is 2.81 bits per heavy atom. The molecule has 0 saturated carbocycles. The number of nitrogens with zero attached hydrogens (tertiary/aromatic N) is 1. The summed E-state index contributed by atoms with van der Waals surface area (Å²) in [7, 11) is 0. The molecule has 0 aliphatic rings. The topological polar surface area (TPSA) is 64.4 Å². The predicted molar refractivity (Wildman–Crippen MR) is 78.0 cm³/mol. The van der Waals surface area contributed by atoms with Gasteiger partial charge in [-0.25, -0.2) is 4.39 Å². The Kier molecular flexibility index (Phi) is 4.71. The Morgan fingerprint density at radius 2 is 2.10 bits per heavy atom. The van der Waals surface area contributed by atoms with Crippen LogP contribution in [0, 0.1) is 15.9 Å². The van der Waals surface area contributed by atoms with E-state index in [-0.39, 0.29) is 11.4 Å². The van der Waals surface area contributed by atoms with Gasteiger partial charge in [0.05, 0.1) is 17.2 Å². The van der Waals surface area contributed by atoms with Crippen molar-refractivity contribution in [2.24, 2.45) is 0 Å². The zero-order valence-corrected chi connectivity index (χ0v) is 11.5. The molecule has 0 bridgehead atoms. The number of benzene rings is 2. The van der Waals surface area contributed by atoms with Crippen molar-refractivity contribution in [3.8, 4) is 5.75 Å². The van der Waals surface area contributed by atoms with Gasteiger partial charge in [-0.15, -0.1) is 0 Å². The van der Waals surface area contributed by atoms with Crippen molar-refractivity contribution in [2.75, 3.05) is 11.9 Å². The van der Waals surface area contributed by atoms with E-state index in [1.165, 1.54) is 6.07 Å². The summed E-state index contributed by atoms with van der Waals surface area (Å²) in [6.07, 6.45) is 0. The molecule has 6 heteroatoms. The van der Waals surface area contributed by atoms with E-state index in [2.05, 4.69) is 5.32 Å². The predicted octanol–water partition coefficient (Wildman–Crippen LogP) is 3.74. The van der Waals surface area contributed by atoms with Gasteiger partial charge in [0.15, 0.2) is 0 Å². The maximum atomic E-state index is 13.6. The first kappa shape index (κ1) is 14.8. The molecule has 110 valence electrons. The standard InChI is InChI=1S/C15H15FN2O3/c1-2-21-13-5-3-4-11(8-13)10-17-15-9-12(18(19)20)6-7-14(15)16/h3-9,17H,2,10H2,1H3. The van der Waals surface area contributed by atoms with Crippen LogP contribution in [-0.2, 0) is 6.54 Å². The molecule has 0 spiro atoms. The number of ether oxygens (including phenoxy) is 1. The zero-order chi connectivity index (χ0) is 15.2. The van der Waals surface area contributed by atoms with Gasteiger partial charge in [-0.1, -0.05) is 12.1 Å². The summed E-state index contributed by atoms with van der Waals surface area (Å²) in [5.41, 5.74) is 0.847. The van der Waals surface area contributed by atoms with Gasteiger partial charge in [-0.05, 0) is 30.7 Å². The minimum atomic E-state index is -0.555. The summed E-state index contributed by atoms with van der Waals surface area (Å²) in [4.78, 5) is 10.1. The third kappa shape index (κ3) is 3.92. The molecule has 0 aliphatic carbocycles. The Hall–Kier alpha value is -2.63. The van der Waals surface area contributed by atoms with Crippen molar-refractivity contribution >= 4 is 11.4 Å². The van der Waals surface area contributed by atoms with Crippen LogP contribution in [0.2, 0.25) is 0 Å². The smallest absolute Gasteiger partial charge is 0.271 e. The molecule has 5 nitrogen and oxygen atoms in total. The molecule has 21 heavy (non-hydrogen) atoms. The van der Waals surface area contributed by atoms with Crippen LogP contribution in [-0.4, -0.2) is 11.5 Å². The number of nitro benzene ring substituents is 1. The van der Waals surface area contributed by atoms with Gasteiger partial charge in [0.25, 0.3) is 5.69 Å². The zero-order valence-electron chi connectivity index (χ0n) is 11.5. The molecule has 0 aromatic heterocycles. The van der Waals surface area contributed by atoms with Crippen LogP contribution < -0.4 is 10.1 Å². The van der Waals surface area contributed by atoms with Gasteiger partial charge in [-0.3, -0.25) is 10.1 Å². The lowest BCUT2D eigenvalue weighted by molar-refractivity contribution is -0.384. The molecule has 0 atom stereocenters. The Balaban J connectivity index is 2.10. The highest BCUT2D eigenvalue weighted by Crippen LogP contribution is 2.22. The number of hydrogen-bond donors (Lipinski definition) is 1. The molecule has 0 amide bonds. The van der Waals surface area contributed by atoms with Crippen LogP contribution in [0.1, 0.15) is 12.5 Å². The molecule has 2 aromatic carbocycles. The lowest BCUT2D eigenvalue weighted by Gasteiger charge is -2.09. The van der Waals surface area contributed by atoms with Crippen LogP contribution in [0.15, 0.2) is 42.5 Å². The maximum Gasteiger partial charge on any atom is 0.271 e. The molecule has 2 aromatic rings. The van der Waals surface area contributed by atoms with Crippen LogP contribution >= 0.6 is 0 Å². The molecule has 2 rings (SSSR count). The second kappa shape index (κ2) is 6.69. The van der Waals surface area contributed by atoms with E-state index < -0.39 is 10.7 Å². The monoisotopic (exact) mass is 290 g/mol. The van der Waals surface area contributed by atoms with E-state index in [0.29, 0.717) is 13.2 Å². The van der Waals surface area contributed by atoms with Crippen molar-refractivity contribution in [1.82, 2.24) is 0 Å². The molecule has 0 saturated heterocycles. The van der Waals surface area contributed by atoms with E-state index in [4.69, 9.17) is 4.74 Å². The van der Waals surface area contributed by atoms with Crippen molar-refractivity contribution in [2.45, 2.75) is 13.5 Å². The number of hydrogen-bond acceptors (Lipinski definition) is 4. The number of rotatable bonds is 6. The first-order chi connectivity index (χ1) is 10.1. The average molecular weight is 290 g/mol. The van der Waals surface area contributed by atoms with Gasteiger partial charge in [-0.2, -0.15) is 0 Å². The SMILES string of the molecule is CCOc1cccc(CNc2cc([N+](=O)[O-])ccc2F)c1. The quantitative estimate of drug-likeness (QED) is 0.650. The van der Waals surface area contributed by atoms with Crippen molar-refractivity contribution in [1.29, 1.82) is 0 Å². The molecule has 1 N–H and O–H groups in total. The Labute approximate surface area is 121 Å². The normalized spacial score (nSPS) is 10.2. The Morgan fingerprint density at radius 1 is 1.29 bits per heavy atom. The highest BCUT2D eigenvalue weighted by atomic mass is 19.1. The van der Waals surface area contributed by atoms with Crippen LogP contribution in [0.3, 0.4) is 0 Å². The second-order valence-corrected chi connectivity index (χ2v) is 4.36. The molecular weight excluding hydrogens is 275 g/mol. The lowest BCUT2D eigenvalue weighted by Crippen LogP contribution is -2.03. The van der Waals surface area contributed by atoms with Crippen LogP contribution in [0.4, 0.5) is 15.8 Å². The van der Waals surface area contributed by atoms with Crippen LogP contribution in [0.5, 0.6) is 5.75 Å². The molecular formula is C15H15FN2O3. The second-order valence-electron chi connectivity index (χ2n) is 4.36. The summed E-state index contributed by atoms with van der Waals surface area (Å²) in [5.74, 6) is 0.206. The van der Waals surface area contributed by atoms with E-state index in [0.717, 1.165) is 23.4 Å². The third-order valence-corrected chi connectivity index (χ3v) is 2.85. The van der Waals surface area contributed by atoms with Gasteiger partial charge in [0, 0.05) is 18.7 Å². The number of nitro groups is 1. The summed E-state index contributed by atoms with van der Waals surface area (Å²) < 4.78 is 19.0. The maximum absolute atomic E-state index is 13.6. The van der Waals surface area contributed by atoms with Gasteiger partial charge < -0.3 is 10.1 Å². The highest BCUT2D eigenvalue weighted by Gasteiger charge is 2.10.